The lowest BCUT2D eigenvalue weighted by Crippen LogP contribution is -2.20. The summed E-state index contributed by atoms with van der Waals surface area (Å²) in [6.07, 6.45) is 0. The minimum absolute atomic E-state index is 0.150. The molecule has 2 rings (SSSR count). The molecular weight excluding hydrogens is 364 g/mol. The number of hydrogen-bond donors (Lipinski definition) is 1. The summed E-state index contributed by atoms with van der Waals surface area (Å²) in [7, 11) is 0. The minimum atomic E-state index is -0.328. The van der Waals surface area contributed by atoms with Crippen LogP contribution in [0.1, 0.15) is 5.56 Å². The average Bonchev–Trinajstić information content (AvgIpc) is 2.85. The van der Waals surface area contributed by atoms with Crippen LogP contribution in [0, 0.1) is 11.3 Å². The molecule has 0 bridgehead atoms. The van der Waals surface area contributed by atoms with Crippen LogP contribution in [-0.4, -0.2) is 12.5 Å². The second-order valence-corrected chi connectivity index (χ2v) is 5.89. The van der Waals surface area contributed by atoms with E-state index >= 15 is 0 Å². The maximum Gasteiger partial charge on any atom is 0.262 e. The highest BCUT2D eigenvalue weighted by atomic mass is 79.9. The number of benzene rings is 1. The smallest absolute Gasteiger partial charge is 0.262 e. The van der Waals surface area contributed by atoms with E-state index < -0.39 is 0 Å². The van der Waals surface area contributed by atoms with Gasteiger partial charge in [-0.3, -0.25) is 4.79 Å². The van der Waals surface area contributed by atoms with Crippen molar-refractivity contribution >= 4 is 49.8 Å². The van der Waals surface area contributed by atoms with Crippen LogP contribution in [0.5, 0.6) is 5.75 Å². The van der Waals surface area contributed by atoms with E-state index in [0.717, 1.165) is 0 Å². The Hall–Kier alpha value is -1.55. The zero-order chi connectivity index (χ0) is 14.5. The SMILES string of the molecule is N#Cc1ccsc1NC(=O)COc1ccc(Cl)cc1Br. The Bertz CT molecular complexity index is 681. The molecule has 0 aliphatic rings. The van der Waals surface area contributed by atoms with Crippen molar-refractivity contribution in [2.24, 2.45) is 0 Å². The maximum atomic E-state index is 11.7. The number of amides is 1. The van der Waals surface area contributed by atoms with Gasteiger partial charge in [0.25, 0.3) is 5.91 Å². The molecule has 0 saturated heterocycles. The van der Waals surface area contributed by atoms with Gasteiger partial charge in [0.05, 0.1) is 10.0 Å². The largest absolute Gasteiger partial charge is 0.483 e. The summed E-state index contributed by atoms with van der Waals surface area (Å²) in [6.45, 7) is -0.150. The van der Waals surface area contributed by atoms with Gasteiger partial charge in [-0.15, -0.1) is 11.3 Å². The van der Waals surface area contributed by atoms with Gasteiger partial charge in [-0.2, -0.15) is 5.26 Å². The van der Waals surface area contributed by atoms with Gasteiger partial charge in [0.2, 0.25) is 0 Å². The van der Waals surface area contributed by atoms with Crippen molar-refractivity contribution in [2.75, 3.05) is 11.9 Å². The summed E-state index contributed by atoms with van der Waals surface area (Å²) >= 11 is 10.4. The van der Waals surface area contributed by atoms with Gasteiger partial charge in [0.15, 0.2) is 6.61 Å². The molecule has 0 spiro atoms. The zero-order valence-electron chi connectivity index (χ0n) is 10.0. The average molecular weight is 372 g/mol. The molecule has 1 amide bonds. The topological polar surface area (TPSA) is 62.1 Å². The number of nitriles is 1. The van der Waals surface area contributed by atoms with Crippen LogP contribution in [0.25, 0.3) is 0 Å². The first-order chi connectivity index (χ1) is 9.60. The monoisotopic (exact) mass is 370 g/mol. The molecule has 1 heterocycles. The van der Waals surface area contributed by atoms with Gasteiger partial charge in [-0.1, -0.05) is 11.6 Å². The Morgan fingerprint density at radius 2 is 2.30 bits per heavy atom. The predicted octanol–water partition coefficient (Wildman–Crippen LogP) is 4.05. The minimum Gasteiger partial charge on any atom is -0.483 e. The summed E-state index contributed by atoms with van der Waals surface area (Å²) in [5.74, 6) is 0.196. The molecule has 4 nitrogen and oxygen atoms in total. The number of halogens is 2. The molecule has 1 aromatic heterocycles. The van der Waals surface area contributed by atoms with E-state index in [9.17, 15) is 4.79 Å². The van der Waals surface area contributed by atoms with E-state index in [2.05, 4.69) is 21.2 Å². The molecule has 1 aromatic carbocycles. The van der Waals surface area contributed by atoms with Crippen LogP contribution in [0.4, 0.5) is 5.00 Å². The fraction of sp³-hybridized carbons (Fsp3) is 0.0769. The molecule has 0 saturated carbocycles. The number of anilines is 1. The van der Waals surface area contributed by atoms with Crippen LogP contribution in [-0.2, 0) is 4.79 Å². The highest BCUT2D eigenvalue weighted by molar-refractivity contribution is 9.10. The highest BCUT2D eigenvalue weighted by Gasteiger charge is 2.10. The Labute approximate surface area is 133 Å². The van der Waals surface area contributed by atoms with Crippen LogP contribution >= 0.6 is 38.9 Å². The molecule has 1 N–H and O–H groups in total. The molecule has 102 valence electrons. The molecule has 2 aromatic rings. The fourth-order valence-electron chi connectivity index (χ4n) is 1.39. The summed E-state index contributed by atoms with van der Waals surface area (Å²) < 4.78 is 6.05. The first kappa shape index (κ1) is 14.9. The normalized spacial score (nSPS) is 9.85. The third-order valence-electron chi connectivity index (χ3n) is 2.29. The van der Waals surface area contributed by atoms with Gasteiger partial charge in [-0.25, -0.2) is 0 Å². The number of rotatable bonds is 4. The number of hydrogen-bond acceptors (Lipinski definition) is 4. The van der Waals surface area contributed by atoms with E-state index in [1.807, 2.05) is 6.07 Å². The van der Waals surface area contributed by atoms with Gasteiger partial charge < -0.3 is 10.1 Å². The second-order valence-electron chi connectivity index (χ2n) is 3.69. The van der Waals surface area contributed by atoms with Crippen LogP contribution < -0.4 is 10.1 Å². The van der Waals surface area contributed by atoms with Crippen molar-refractivity contribution in [3.05, 3.63) is 44.7 Å². The molecular formula is C13H8BrClN2O2S. The van der Waals surface area contributed by atoms with Crippen LogP contribution in [0.3, 0.4) is 0 Å². The number of nitrogens with one attached hydrogen (secondary N) is 1. The van der Waals surface area contributed by atoms with E-state index in [1.54, 1.807) is 29.6 Å². The Morgan fingerprint density at radius 3 is 3.00 bits per heavy atom. The van der Waals surface area contributed by atoms with Crippen molar-refractivity contribution < 1.29 is 9.53 Å². The third-order valence-corrected chi connectivity index (χ3v) is 3.98. The van der Waals surface area contributed by atoms with Crippen molar-refractivity contribution in [1.29, 1.82) is 5.26 Å². The third kappa shape index (κ3) is 3.73. The van der Waals surface area contributed by atoms with E-state index in [0.29, 0.717) is 25.8 Å². The molecule has 7 heteroatoms. The fourth-order valence-corrected chi connectivity index (χ4v) is 2.94. The summed E-state index contributed by atoms with van der Waals surface area (Å²) in [5.41, 5.74) is 0.441. The molecule has 0 fully saturated rings. The summed E-state index contributed by atoms with van der Waals surface area (Å²) in [4.78, 5) is 11.7. The number of ether oxygens (including phenoxy) is 1. The van der Waals surface area contributed by atoms with E-state index in [1.165, 1.54) is 11.3 Å². The van der Waals surface area contributed by atoms with Crippen LogP contribution in [0.15, 0.2) is 34.1 Å². The number of nitrogens with zero attached hydrogens (tertiary/aromatic N) is 1. The standard InChI is InChI=1S/C13H8BrClN2O2S/c14-10-5-9(15)1-2-11(10)19-7-12(18)17-13-8(6-16)3-4-20-13/h1-5H,7H2,(H,17,18). The van der Waals surface area contributed by atoms with E-state index in [-0.39, 0.29) is 12.5 Å². The van der Waals surface area contributed by atoms with Gasteiger partial charge in [0, 0.05) is 5.02 Å². The molecule has 0 aliphatic carbocycles. The maximum absolute atomic E-state index is 11.7. The van der Waals surface area contributed by atoms with Crippen molar-refractivity contribution in [2.45, 2.75) is 0 Å². The summed E-state index contributed by atoms with van der Waals surface area (Å²) in [5, 5.41) is 14.3. The number of thiophene rings is 1. The molecule has 0 aliphatic heterocycles. The molecule has 20 heavy (non-hydrogen) atoms. The predicted molar refractivity (Wildman–Crippen MR) is 82.3 cm³/mol. The van der Waals surface area contributed by atoms with Crippen molar-refractivity contribution in [3.63, 3.8) is 0 Å². The quantitative estimate of drug-likeness (QED) is 0.882. The number of carbonyl (C=O) groups is 1. The van der Waals surface area contributed by atoms with Gasteiger partial charge in [-0.05, 0) is 45.6 Å². The van der Waals surface area contributed by atoms with Crippen molar-refractivity contribution in [3.8, 4) is 11.8 Å². The number of carbonyl (C=O) groups excluding carboxylic acids is 1. The Kier molecular flexibility index (Phi) is 5.01. The van der Waals surface area contributed by atoms with E-state index in [4.69, 9.17) is 21.6 Å². The van der Waals surface area contributed by atoms with Gasteiger partial charge >= 0.3 is 0 Å². The summed E-state index contributed by atoms with van der Waals surface area (Å²) in [6, 6.07) is 8.68. The Morgan fingerprint density at radius 1 is 1.50 bits per heavy atom. The highest BCUT2D eigenvalue weighted by Crippen LogP contribution is 2.28. The lowest BCUT2D eigenvalue weighted by atomic mass is 10.3. The van der Waals surface area contributed by atoms with Crippen molar-refractivity contribution in [1.82, 2.24) is 0 Å². The molecule has 0 atom stereocenters. The Balaban J connectivity index is 1.94. The van der Waals surface area contributed by atoms with Gasteiger partial charge in [0.1, 0.15) is 16.8 Å². The first-order valence-electron chi connectivity index (χ1n) is 5.45. The lowest BCUT2D eigenvalue weighted by molar-refractivity contribution is -0.118. The second kappa shape index (κ2) is 6.75. The van der Waals surface area contributed by atoms with Crippen LogP contribution in [0.2, 0.25) is 5.02 Å². The first-order valence-corrected chi connectivity index (χ1v) is 7.50. The molecule has 0 radical (unpaired) electrons. The zero-order valence-corrected chi connectivity index (χ0v) is 13.2. The molecule has 0 unspecified atom stereocenters. The lowest BCUT2D eigenvalue weighted by Gasteiger charge is -2.08.